The minimum atomic E-state index is 0.389. The zero-order valence-corrected chi connectivity index (χ0v) is 11.2. The van der Waals surface area contributed by atoms with Gasteiger partial charge in [0.15, 0.2) is 0 Å². The van der Waals surface area contributed by atoms with Gasteiger partial charge in [0.25, 0.3) is 0 Å². The Bertz CT molecular complexity index is 547. The average Bonchev–Trinajstić information content (AvgIpc) is 2.63. The highest BCUT2D eigenvalue weighted by molar-refractivity contribution is 5.79. The molecule has 3 rings (SSSR count). The Morgan fingerprint density at radius 3 is 1.83 bits per heavy atom. The van der Waals surface area contributed by atoms with E-state index in [4.69, 9.17) is 4.74 Å². The molecule has 1 heteroatoms. The highest BCUT2D eigenvalue weighted by Crippen LogP contribution is 2.45. The molecule has 0 radical (unpaired) electrons. The van der Waals surface area contributed by atoms with Crippen LogP contribution in [0.25, 0.3) is 11.1 Å². The van der Waals surface area contributed by atoms with E-state index < -0.39 is 0 Å². The lowest BCUT2D eigenvalue weighted by molar-refractivity contribution is 0.190. The fourth-order valence-electron chi connectivity index (χ4n) is 2.95. The first-order chi connectivity index (χ1) is 8.70. The van der Waals surface area contributed by atoms with Gasteiger partial charge < -0.3 is 4.74 Å². The minimum Gasteiger partial charge on any atom is -0.384 e. The van der Waals surface area contributed by atoms with Crippen molar-refractivity contribution in [2.45, 2.75) is 19.8 Å². The molecular weight excluding hydrogens is 220 g/mol. The molecule has 0 amide bonds. The van der Waals surface area contributed by atoms with E-state index in [0.717, 1.165) is 6.61 Å². The van der Waals surface area contributed by atoms with E-state index >= 15 is 0 Å². The molecule has 0 saturated carbocycles. The molecule has 18 heavy (non-hydrogen) atoms. The van der Waals surface area contributed by atoms with Gasteiger partial charge in [-0.15, -0.1) is 0 Å². The second-order valence-corrected chi connectivity index (χ2v) is 5.19. The summed E-state index contributed by atoms with van der Waals surface area (Å²) >= 11 is 0. The average molecular weight is 238 g/mol. The van der Waals surface area contributed by atoms with Crippen LogP contribution < -0.4 is 0 Å². The Hall–Kier alpha value is -1.60. The third-order valence-corrected chi connectivity index (χ3v) is 3.79. The van der Waals surface area contributed by atoms with E-state index in [-0.39, 0.29) is 0 Å². The molecule has 0 aliphatic heterocycles. The number of aryl methyl sites for hydroxylation is 2. The van der Waals surface area contributed by atoms with E-state index in [2.05, 4.69) is 50.2 Å². The lowest BCUT2D eigenvalue weighted by atomic mass is 9.96. The number of rotatable bonds is 2. The topological polar surface area (TPSA) is 9.23 Å². The van der Waals surface area contributed by atoms with Crippen molar-refractivity contribution in [2.75, 3.05) is 13.7 Å². The van der Waals surface area contributed by atoms with Crippen LogP contribution in [0.2, 0.25) is 0 Å². The Balaban J connectivity index is 2.22. The third-order valence-electron chi connectivity index (χ3n) is 3.79. The number of hydrogen-bond acceptors (Lipinski definition) is 1. The summed E-state index contributed by atoms with van der Waals surface area (Å²) in [6, 6.07) is 13.5. The quantitative estimate of drug-likeness (QED) is 0.766. The molecule has 1 aliphatic carbocycles. The normalized spacial score (nSPS) is 13.5. The number of benzene rings is 2. The molecule has 0 aromatic heterocycles. The van der Waals surface area contributed by atoms with Gasteiger partial charge in [0.1, 0.15) is 0 Å². The molecule has 1 nitrogen and oxygen atoms in total. The van der Waals surface area contributed by atoms with Crippen molar-refractivity contribution in [2.24, 2.45) is 0 Å². The predicted octanol–water partition coefficient (Wildman–Crippen LogP) is 4.06. The van der Waals surface area contributed by atoms with Gasteiger partial charge in [0, 0.05) is 13.0 Å². The number of hydrogen-bond donors (Lipinski definition) is 0. The van der Waals surface area contributed by atoms with Crippen LogP contribution in [0.15, 0.2) is 36.4 Å². The summed E-state index contributed by atoms with van der Waals surface area (Å²) in [5, 5.41) is 0. The molecule has 0 unspecified atom stereocenters. The lowest BCUT2D eigenvalue weighted by Gasteiger charge is -2.13. The van der Waals surface area contributed by atoms with Gasteiger partial charge in [-0.1, -0.05) is 47.5 Å². The first-order valence-corrected chi connectivity index (χ1v) is 6.41. The highest BCUT2D eigenvalue weighted by Gasteiger charge is 2.28. The maximum atomic E-state index is 5.42. The van der Waals surface area contributed by atoms with Crippen molar-refractivity contribution in [1.82, 2.24) is 0 Å². The molecule has 2 aromatic carbocycles. The van der Waals surface area contributed by atoms with Crippen LogP contribution in [0, 0.1) is 13.8 Å². The summed E-state index contributed by atoms with van der Waals surface area (Å²) in [7, 11) is 1.78. The van der Waals surface area contributed by atoms with Gasteiger partial charge >= 0.3 is 0 Å². The SMILES string of the molecule is COCC1c2cc(C)ccc2-c2ccc(C)cc21. The molecule has 0 saturated heterocycles. The summed E-state index contributed by atoms with van der Waals surface area (Å²) in [5.41, 5.74) is 8.21. The van der Waals surface area contributed by atoms with Gasteiger partial charge in [0.2, 0.25) is 0 Å². The summed E-state index contributed by atoms with van der Waals surface area (Å²) < 4.78 is 5.42. The molecule has 0 bridgehead atoms. The second kappa shape index (κ2) is 4.25. The van der Waals surface area contributed by atoms with Crippen LogP contribution in [0.5, 0.6) is 0 Å². The Morgan fingerprint density at radius 2 is 1.39 bits per heavy atom. The molecule has 1 aliphatic rings. The maximum absolute atomic E-state index is 5.42. The molecule has 0 N–H and O–H groups in total. The minimum absolute atomic E-state index is 0.389. The van der Waals surface area contributed by atoms with Crippen LogP contribution in [-0.2, 0) is 4.74 Å². The lowest BCUT2D eigenvalue weighted by Crippen LogP contribution is -2.05. The van der Waals surface area contributed by atoms with Crippen LogP contribution in [0.3, 0.4) is 0 Å². The second-order valence-electron chi connectivity index (χ2n) is 5.19. The molecule has 2 aromatic rings. The predicted molar refractivity (Wildman–Crippen MR) is 75.1 cm³/mol. The van der Waals surface area contributed by atoms with Gasteiger partial charge in [-0.05, 0) is 36.1 Å². The summed E-state index contributed by atoms with van der Waals surface area (Å²) in [5.74, 6) is 0.389. The van der Waals surface area contributed by atoms with Gasteiger partial charge in [-0.2, -0.15) is 0 Å². The van der Waals surface area contributed by atoms with Crippen molar-refractivity contribution in [3.05, 3.63) is 58.7 Å². The molecule has 92 valence electrons. The molecular formula is C17H18O. The summed E-state index contributed by atoms with van der Waals surface area (Å²) in [4.78, 5) is 0. The van der Waals surface area contributed by atoms with Crippen molar-refractivity contribution < 1.29 is 4.74 Å². The van der Waals surface area contributed by atoms with Crippen LogP contribution in [0.1, 0.15) is 28.2 Å². The molecule has 0 fully saturated rings. The number of fused-ring (bicyclic) bond motifs is 3. The van der Waals surface area contributed by atoms with E-state index in [1.165, 1.54) is 33.4 Å². The summed E-state index contributed by atoms with van der Waals surface area (Å²) in [6.07, 6.45) is 0. The van der Waals surface area contributed by atoms with Crippen molar-refractivity contribution in [1.29, 1.82) is 0 Å². The summed E-state index contributed by atoms with van der Waals surface area (Å²) in [6.45, 7) is 5.06. The van der Waals surface area contributed by atoms with Crippen molar-refractivity contribution in [3.8, 4) is 11.1 Å². The Labute approximate surface area is 108 Å². The largest absolute Gasteiger partial charge is 0.384 e. The monoisotopic (exact) mass is 238 g/mol. The van der Waals surface area contributed by atoms with Crippen molar-refractivity contribution >= 4 is 0 Å². The van der Waals surface area contributed by atoms with Crippen LogP contribution in [0.4, 0.5) is 0 Å². The van der Waals surface area contributed by atoms with Gasteiger partial charge in [-0.3, -0.25) is 0 Å². The zero-order valence-electron chi connectivity index (χ0n) is 11.2. The van der Waals surface area contributed by atoms with Crippen LogP contribution >= 0.6 is 0 Å². The zero-order chi connectivity index (χ0) is 12.7. The van der Waals surface area contributed by atoms with Gasteiger partial charge in [0.05, 0.1) is 6.61 Å². The fourth-order valence-corrected chi connectivity index (χ4v) is 2.95. The van der Waals surface area contributed by atoms with E-state index in [9.17, 15) is 0 Å². The number of methoxy groups -OCH3 is 1. The van der Waals surface area contributed by atoms with Crippen LogP contribution in [-0.4, -0.2) is 13.7 Å². The highest BCUT2D eigenvalue weighted by atomic mass is 16.5. The molecule has 0 heterocycles. The van der Waals surface area contributed by atoms with Gasteiger partial charge in [-0.25, -0.2) is 0 Å². The maximum Gasteiger partial charge on any atom is 0.0572 e. The smallest absolute Gasteiger partial charge is 0.0572 e. The van der Waals surface area contributed by atoms with E-state index in [1.54, 1.807) is 7.11 Å². The van der Waals surface area contributed by atoms with E-state index in [0.29, 0.717) is 5.92 Å². The fraction of sp³-hybridized carbons (Fsp3) is 0.294. The Kier molecular flexibility index (Phi) is 2.71. The first kappa shape index (κ1) is 11.5. The van der Waals surface area contributed by atoms with Crippen molar-refractivity contribution in [3.63, 3.8) is 0 Å². The third kappa shape index (κ3) is 1.67. The molecule has 0 atom stereocenters. The molecule has 0 spiro atoms. The first-order valence-electron chi connectivity index (χ1n) is 6.41. The number of ether oxygens (including phenoxy) is 1. The standard InChI is InChI=1S/C17H18O/c1-11-4-6-13-14-7-5-12(2)9-16(14)17(10-18-3)15(13)8-11/h4-9,17H,10H2,1-3H3. The van der Waals surface area contributed by atoms with E-state index in [1.807, 2.05) is 0 Å². The Morgan fingerprint density at radius 1 is 0.889 bits per heavy atom.